The van der Waals surface area contributed by atoms with Crippen LogP contribution in [0, 0.1) is 8.98 Å². The summed E-state index contributed by atoms with van der Waals surface area (Å²) in [6.45, 7) is 0. The lowest BCUT2D eigenvalue weighted by Crippen LogP contribution is -2.12. The highest BCUT2D eigenvalue weighted by atomic mass is 127. The molecule has 0 radical (unpaired) electrons. The van der Waals surface area contributed by atoms with Crippen LogP contribution in [0.15, 0.2) is 18.2 Å². The fraction of sp³-hybridized carbons (Fsp3) is 0. The van der Waals surface area contributed by atoms with Crippen LogP contribution in [0.1, 0.15) is 5.56 Å². The third-order valence-corrected chi connectivity index (χ3v) is 2.35. The zero-order valence-corrected chi connectivity index (χ0v) is 9.70. The van der Waals surface area contributed by atoms with Gasteiger partial charge in [0.15, 0.2) is 0 Å². The van der Waals surface area contributed by atoms with E-state index in [0.717, 1.165) is 9.13 Å². The van der Waals surface area contributed by atoms with Gasteiger partial charge >= 0.3 is 0 Å². The molecule has 0 aliphatic rings. The minimum atomic E-state index is 0. The molecule has 0 saturated carbocycles. The maximum absolute atomic E-state index is 7.18. The number of nitrogens with two attached hydrogens (primary N) is 1. The summed E-state index contributed by atoms with van der Waals surface area (Å²) >= 11 is 7.80. The Balaban J connectivity index is 0.00000121. The zero-order valence-electron chi connectivity index (χ0n) is 5.97. The van der Waals surface area contributed by atoms with E-state index in [1.165, 1.54) is 0 Å². The van der Waals surface area contributed by atoms with Crippen LogP contribution in [0.2, 0.25) is 5.02 Å². The van der Waals surface area contributed by atoms with Gasteiger partial charge in [0.1, 0.15) is 5.84 Å². The van der Waals surface area contributed by atoms with Gasteiger partial charge in [0.2, 0.25) is 0 Å². The van der Waals surface area contributed by atoms with Crippen molar-refractivity contribution in [2.45, 2.75) is 0 Å². The molecular weight excluding hydrogens is 310 g/mol. The number of hydrogen-bond acceptors (Lipinski definition) is 1. The van der Waals surface area contributed by atoms with Crippen LogP contribution < -0.4 is 5.73 Å². The highest BCUT2D eigenvalue weighted by Crippen LogP contribution is 2.17. The van der Waals surface area contributed by atoms with Gasteiger partial charge in [-0.15, -0.1) is 12.4 Å². The van der Waals surface area contributed by atoms with Gasteiger partial charge in [-0.1, -0.05) is 11.6 Å². The predicted molar refractivity (Wildman–Crippen MR) is 62.4 cm³/mol. The molecule has 0 aromatic heterocycles. The molecule has 66 valence electrons. The maximum atomic E-state index is 7.18. The van der Waals surface area contributed by atoms with E-state index in [2.05, 4.69) is 22.6 Å². The fourth-order valence-electron chi connectivity index (χ4n) is 0.708. The molecule has 0 saturated heterocycles. The number of benzene rings is 1. The Labute approximate surface area is 95.5 Å². The SMILES string of the molecule is Cl.N=C(N)c1ccc(Cl)cc1I. The molecule has 0 bridgehead atoms. The molecular formula is C7H7Cl2IN2. The standard InChI is InChI=1S/C7H6ClIN2.ClH/c8-4-1-2-5(7(10)11)6(9)3-4;/h1-3H,(H3,10,11);1H. The molecule has 0 fully saturated rings. The molecule has 1 aromatic carbocycles. The Morgan fingerprint density at radius 1 is 1.50 bits per heavy atom. The lowest BCUT2D eigenvalue weighted by atomic mass is 10.2. The van der Waals surface area contributed by atoms with E-state index in [-0.39, 0.29) is 18.2 Å². The average molecular weight is 317 g/mol. The van der Waals surface area contributed by atoms with Crippen molar-refractivity contribution in [3.63, 3.8) is 0 Å². The van der Waals surface area contributed by atoms with Crippen molar-refractivity contribution >= 4 is 52.4 Å². The largest absolute Gasteiger partial charge is 0.384 e. The summed E-state index contributed by atoms with van der Waals surface area (Å²) in [6, 6.07) is 5.24. The Morgan fingerprint density at radius 3 is 2.50 bits per heavy atom. The van der Waals surface area contributed by atoms with Gasteiger partial charge in [-0.25, -0.2) is 0 Å². The molecule has 0 amide bonds. The summed E-state index contributed by atoms with van der Waals surface area (Å²) in [7, 11) is 0. The molecule has 0 heterocycles. The summed E-state index contributed by atoms with van der Waals surface area (Å²) in [4.78, 5) is 0. The van der Waals surface area contributed by atoms with Crippen molar-refractivity contribution in [2.75, 3.05) is 0 Å². The van der Waals surface area contributed by atoms with Crippen molar-refractivity contribution in [2.24, 2.45) is 5.73 Å². The number of halogens is 3. The predicted octanol–water partition coefficient (Wildman–Crippen LogP) is 2.65. The van der Waals surface area contributed by atoms with Crippen LogP contribution in [0.4, 0.5) is 0 Å². The molecule has 2 nitrogen and oxygen atoms in total. The van der Waals surface area contributed by atoms with Gasteiger partial charge in [0.25, 0.3) is 0 Å². The van der Waals surface area contributed by atoms with Crippen molar-refractivity contribution in [3.05, 3.63) is 32.4 Å². The number of nitrogens with one attached hydrogen (secondary N) is 1. The van der Waals surface area contributed by atoms with Crippen LogP contribution in [0.5, 0.6) is 0 Å². The second-order valence-electron chi connectivity index (χ2n) is 2.04. The van der Waals surface area contributed by atoms with Gasteiger partial charge in [0.05, 0.1) is 0 Å². The van der Waals surface area contributed by atoms with Crippen LogP contribution in [-0.2, 0) is 0 Å². The highest BCUT2D eigenvalue weighted by molar-refractivity contribution is 14.1. The molecule has 5 heteroatoms. The quantitative estimate of drug-likeness (QED) is 0.467. The summed E-state index contributed by atoms with van der Waals surface area (Å²) in [6.07, 6.45) is 0. The molecule has 0 aliphatic carbocycles. The Morgan fingerprint density at radius 2 is 2.08 bits per heavy atom. The van der Waals surface area contributed by atoms with E-state index in [4.69, 9.17) is 22.7 Å². The molecule has 3 N–H and O–H groups in total. The smallest absolute Gasteiger partial charge is 0.123 e. The highest BCUT2D eigenvalue weighted by Gasteiger charge is 2.01. The average Bonchev–Trinajstić information content (AvgIpc) is 1.85. The molecule has 12 heavy (non-hydrogen) atoms. The molecule has 0 unspecified atom stereocenters. The van der Waals surface area contributed by atoms with E-state index < -0.39 is 0 Å². The van der Waals surface area contributed by atoms with Crippen LogP contribution in [0.25, 0.3) is 0 Å². The summed E-state index contributed by atoms with van der Waals surface area (Å²) < 4.78 is 0.905. The van der Waals surface area contributed by atoms with E-state index in [9.17, 15) is 0 Å². The van der Waals surface area contributed by atoms with Crippen molar-refractivity contribution in [1.29, 1.82) is 5.41 Å². The third-order valence-electron chi connectivity index (χ3n) is 1.22. The Hall–Kier alpha value is -0.000000000000000111. The fourth-order valence-corrected chi connectivity index (χ4v) is 1.87. The number of hydrogen-bond donors (Lipinski definition) is 2. The third kappa shape index (κ3) is 2.80. The minimum absolute atomic E-state index is 0. The van der Waals surface area contributed by atoms with Gasteiger partial charge in [-0.3, -0.25) is 5.41 Å². The molecule has 0 aliphatic heterocycles. The molecule has 0 spiro atoms. The number of rotatable bonds is 1. The van der Waals surface area contributed by atoms with Crippen LogP contribution in [-0.4, -0.2) is 5.84 Å². The summed E-state index contributed by atoms with van der Waals surface area (Å²) in [5, 5.41) is 7.84. The maximum Gasteiger partial charge on any atom is 0.123 e. The van der Waals surface area contributed by atoms with Gasteiger partial charge in [-0.2, -0.15) is 0 Å². The molecule has 1 aromatic rings. The second-order valence-corrected chi connectivity index (χ2v) is 3.64. The summed E-state index contributed by atoms with van der Waals surface area (Å²) in [5.74, 6) is 0.0751. The van der Waals surface area contributed by atoms with Gasteiger partial charge in [-0.05, 0) is 40.8 Å². The molecule has 1 rings (SSSR count). The van der Waals surface area contributed by atoms with Crippen molar-refractivity contribution in [3.8, 4) is 0 Å². The van der Waals surface area contributed by atoms with Crippen molar-refractivity contribution < 1.29 is 0 Å². The second kappa shape index (κ2) is 4.89. The number of amidine groups is 1. The van der Waals surface area contributed by atoms with E-state index in [1.54, 1.807) is 18.2 Å². The lowest BCUT2D eigenvalue weighted by molar-refractivity contribution is 1.41. The van der Waals surface area contributed by atoms with E-state index >= 15 is 0 Å². The van der Waals surface area contributed by atoms with Crippen LogP contribution in [0.3, 0.4) is 0 Å². The first-order chi connectivity index (χ1) is 5.11. The van der Waals surface area contributed by atoms with Crippen molar-refractivity contribution in [1.82, 2.24) is 0 Å². The summed E-state index contributed by atoms with van der Waals surface area (Å²) in [5.41, 5.74) is 6.03. The first-order valence-electron chi connectivity index (χ1n) is 2.90. The first kappa shape index (κ1) is 12.0. The Kier molecular flexibility index (Phi) is 4.89. The zero-order chi connectivity index (χ0) is 8.43. The van der Waals surface area contributed by atoms with E-state index in [0.29, 0.717) is 5.02 Å². The van der Waals surface area contributed by atoms with E-state index in [1.807, 2.05) is 0 Å². The topological polar surface area (TPSA) is 49.9 Å². The Bertz CT molecular complexity index is 301. The first-order valence-corrected chi connectivity index (χ1v) is 4.36. The normalized spacial score (nSPS) is 8.83. The van der Waals surface area contributed by atoms with Gasteiger partial charge < -0.3 is 5.73 Å². The van der Waals surface area contributed by atoms with Gasteiger partial charge in [0, 0.05) is 14.2 Å². The molecule has 0 atom stereocenters. The monoisotopic (exact) mass is 316 g/mol. The minimum Gasteiger partial charge on any atom is -0.384 e. The van der Waals surface area contributed by atoms with Crippen LogP contribution >= 0.6 is 46.6 Å². The number of nitrogen functional groups attached to an aromatic ring is 1. The lowest BCUT2D eigenvalue weighted by Gasteiger charge is -2.00.